The molecule has 3 heterocycles. The van der Waals surface area contributed by atoms with E-state index in [2.05, 4.69) is 15.0 Å². The molecule has 25 heavy (non-hydrogen) atoms. The van der Waals surface area contributed by atoms with Gasteiger partial charge in [-0.05, 0) is 49.7 Å². The maximum absolute atomic E-state index is 6.03. The van der Waals surface area contributed by atoms with Crippen LogP contribution in [-0.4, -0.2) is 26.5 Å². The number of nitrogens with two attached hydrogens (primary N) is 1. The lowest BCUT2D eigenvalue weighted by atomic mass is 10.1. The highest BCUT2D eigenvalue weighted by Gasteiger charge is 2.20. The van der Waals surface area contributed by atoms with Gasteiger partial charge in [-0.3, -0.25) is 4.40 Å². The Morgan fingerprint density at radius 2 is 1.80 bits per heavy atom. The van der Waals surface area contributed by atoms with Crippen LogP contribution < -0.4 is 10.5 Å². The van der Waals surface area contributed by atoms with Crippen molar-refractivity contribution in [1.29, 1.82) is 0 Å². The van der Waals surface area contributed by atoms with Gasteiger partial charge in [0.2, 0.25) is 5.78 Å². The van der Waals surface area contributed by atoms with Crippen LogP contribution in [0.1, 0.15) is 11.4 Å². The van der Waals surface area contributed by atoms with E-state index < -0.39 is 0 Å². The number of aromatic nitrogens is 4. The number of nitrogens with zero attached hydrogens (tertiary/aromatic N) is 4. The van der Waals surface area contributed by atoms with E-state index in [-0.39, 0.29) is 0 Å². The Hall–Kier alpha value is -2.93. The fraction of sp³-hybridized carbons (Fsp3) is 0.167. The zero-order valence-corrected chi connectivity index (χ0v) is 15.0. The molecule has 6 nitrogen and oxygen atoms in total. The lowest BCUT2D eigenvalue weighted by Crippen LogP contribution is -1.94. The van der Waals surface area contributed by atoms with Gasteiger partial charge < -0.3 is 10.5 Å². The molecule has 0 fully saturated rings. The SMILES string of the molecule is COc1ccc(-c2sc(N)nc2-c2c(C)nc3nc(C)ccn23)cc1. The van der Waals surface area contributed by atoms with Crippen molar-refractivity contribution >= 4 is 22.2 Å². The maximum atomic E-state index is 6.03. The smallest absolute Gasteiger partial charge is 0.234 e. The van der Waals surface area contributed by atoms with E-state index >= 15 is 0 Å². The summed E-state index contributed by atoms with van der Waals surface area (Å²) in [5.74, 6) is 1.48. The number of rotatable bonds is 3. The van der Waals surface area contributed by atoms with Gasteiger partial charge in [-0.25, -0.2) is 15.0 Å². The Bertz CT molecular complexity index is 1070. The number of thiazole rings is 1. The van der Waals surface area contributed by atoms with Gasteiger partial charge in [0, 0.05) is 11.9 Å². The number of hydrogen-bond donors (Lipinski definition) is 1. The molecule has 3 aromatic heterocycles. The number of fused-ring (bicyclic) bond motifs is 1. The maximum Gasteiger partial charge on any atom is 0.234 e. The number of anilines is 1. The summed E-state index contributed by atoms with van der Waals surface area (Å²) in [6.45, 7) is 3.92. The molecule has 0 radical (unpaired) electrons. The first-order valence-electron chi connectivity index (χ1n) is 7.80. The van der Waals surface area contributed by atoms with E-state index in [9.17, 15) is 0 Å². The van der Waals surface area contributed by atoms with Crippen LogP contribution in [-0.2, 0) is 0 Å². The third-order valence-electron chi connectivity index (χ3n) is 4.03. The molecular formula is C18H17N5OS. The number of benzene rings is 1. The van der Waals surface area contributed by atoms with Crippen molar-refractivity contribution in [1.82, 2.24) is 19.4 Å². The quantitative estimate of drug-likeness (QED) is 0.608. The molecule has 2 N–H and O–H groups in total. The minimum atomic E-state index is 0.523. The van der Waals surface area contributed by atoms with Gasteiger partial charge in [-0.2, -0.15) is 0 Å². The predicted octanol–water partition coefficient (Wildman–Crippen LogP) is 3.73. The van der Waals surface area contributed by atoms with Crippen LogP contribution >= 0.6 is 11.3 Å². The van der Waals surface area contributed by atoms with Gasteiger partial charge in [-0.15, -0.1) is 0 Å². The number of aryl methyl sites for hydroxylation is 2. The van der Waals surface area contributed by atoms with Crippen LogP contribution in [0.3, 0.4) is 0 Å². The zero-order chi connectivity index (χ0) is 17.6. The fourth-order valence-electron chi connectivity index (χ4n) is 2.85. The molecule has 0 saturated carbocycles. The second-order valence-corrected chi connectivity index (χ2v) is 6.77. The van der Waals surface area contributed by atoms with Gasteiger partial charge in [0.05, 0.1) is 23.4 Å². The highest BCUT2D eigenvalue weighted by Crippen LogP contribution is 2.39. The van der Waals surface area contributed by atoms with Crippen LogP contribution in [0.4, 0.5) is 5.13 Å². The standard InChI is InChI=1S/C18H17N5OS/c1-10-8-9-23-15(11(2)21-18(23)20-10)14-16(25-17(19)22-14)12-4-6-13(24-3)7-5-12/h4-9H,1-3H3,(H2,19,22). The van der Waals surface area contributed by atoms with Crippen molar-refractivity contribution in [3.8, 4) is 27.6 Å². The average Bonchev–Trinajstić information content (AvgIpc) is 3.13. The number of ether oxygens (including phenoxy) is 1. The van der Waals surface area contributed by atoms with Gasteiger partial charge in [0.25, 0.3) is 0 Å². The Morgan fingerprint density at radius 1 is 1.04 bits per heavy atom. The normalized spacial score (nSPS) is 11.2. The molecule has 0 saturated heterocycles. The molecule has 0 atom stereocenters. The van der Waals surface area contributed by atoms with E-state index in [4.69, 9.17) is 10.5 Å². The van der Waals surface area contributed by atoms with Crippen molar-refractivity contribution in [2.45, 2.75) is 13.8 Å². The van der Waals surface area contributed by atoms with Gasteiger partial charge in [0.1, 0.15) is 11.4 Å². The lowest BCUT2D eigenvalue weighted by Gasteiger charge is -2.05. The van der Waals surface area contributed by atoms with Gasteiger partial charge in [-0.1, -0.05) is 11.3 Å². The fourth-order valence-corrected chi connectivity index (χ4v) is 3.69. The summed E-state index contributed by atoms with van der Waals surface area (Å²) in [5, 5.41) is 0.523. The molecule has 4 rings (SSSR count). The first kappa shape index (κ1) is 15.6. The molecule has 0 aliphatic heterocycles. The van der Waals surface area contributed by atoms with E-state index in [1.54, 1.807) is 7.11 Å². The van der Waals surface area contributed by atoms with E-state index in [0.29, 0.717) is 10.9 Å². The van der Waals surface area contributed by atoms with Crippen LogP contribution in [0.25, 0.3) is 27.6 Å². The zero-order valence-electron chi connectivity index (χ0n) is 14.1. The summed E-state index contributed by atoms with van der Waals surface area (Å²) in [7, 11) is 1.65. The van der Waals surface area contributed by atoms with Gasteiger partial charge >= 0.3 is 0 Å². The van der Waals surface area contributed by atoms with E-state index in [1.165, 1.54) is 11.3 Å². The number of methoxy groups -OCH3 is 1. The highest BCUT2D eigenvalue weighted by molar-refractivity contribution is 7.19. The Labute approximate surface area is 149 Å². The average molecular weight is 351 g/mol. The number of imidazole rings is 1. The minimum Gasteiger partial charge on any atom is -0.497 e. The van der Waals surface area contributed by atoms with Crippen LogP contribution in [0.2, 0.25) is 0 Å². The predicted molar refractivity (Wildman–Crippen MR) is 100.0 cm³/mol. The van der Waals surface area contributed by atoms with Crippen molar-refractivity contribution in [2.24, 2.45) is 0 Å². The summed E-state index contributed by atoms with van der Waals surface area (Å²) >= 11 is 1.46. The first-order chi connectivity index (χ1) is 12.1. The third kappa shape index (κ3) is 2.62. The van der Waals surface area contributed by atoms with Crippen LogP contribution in [0, 0.1) is 13.8 Å². The molecule has 0 amide bonds. The Kier molecular flexibility index (Phi) is 3.65. The molecule has 7 heteroatoms. The lowest BCUT2D eigenvalue weighted by molar-refractivity contribution is 0.415. The van der Waals surface area contributed by atoms with E-state index in [1.807, 2.05) is 54.8 Å². The highest BCUT2D eigenvalue weighted by atomic mass is 32.1. The summed E-state index contributed by atoms with van der Waals surface area (Å²) in [5.41, 5.74) is 10.6. The molecule has 4 aromatic rings. The molecule has 0 aliphatic rings. The Morgan fingerprint density at radius 3 is 2.52 bits per heavy atom. The summed E-state index contributed by atoms with van der Waals surface area (Å²) in [4.78, 5) is 14.7. The Balaban J connectivity index is 1.93. The topological polar surface area (TPSA) is 78.3 Å². The summed E-state index contributed by atoms with van der Waals surface area (Å²) in [6.07, 6.45) is 1.97. The second kappa shape index (κ2) is 5.86. The summed E-state index contributed by atoms with van der Waals surface area (Å²) in [6, 6.07) is 9.84. The largest absolute Gasteiger partial charge is 0.497 e. The number of hydrogen-bond acceptors (Lipinski definition) is 6. The molecule has 126 valence electrons. The second-order valence-electron chi connectivity index (χ2n) is 5.74. The van der Waals surface area contributed by atoms with Crippen molar-refractivity contribution in [2.75, 3.05) is 12.8 Å². The van der Waals surface area contributed by atoms with Crippen molar-refractivity contribution in [3.05, 3.63) is 47.9 Å². The molecule has 0 bridgehead atoms. The first-order valence-corrected chi connectivity index (χ1v) is 8.62. The molecule has 0 unspecified atom stereocenters. The van der Waals surface area contributed by atoms with Gasteiger partial charge in [0.15, 0.2) is 5.13 Å². The molecular weight excluding hydrogens is 334 g/mol. The van der Waals surface area contributed by atoms with E-state index in [0.717, 1.165) is 39.0 Å². The number of nitrogen functional groups attached to an aromatic ring is 1. The van der Waals surface area contributed by atoms with Crippen LogP contribution in [0.15, 0.2) is 36.5 Å². The van der Waals surface area contributed by atoms with Crippen LogP contribution in [0.5, 0.6) is 5.75 Å². The molecule has 0 spiro atoms. The minimum absolute atomic E-state index is 0.523. The van der Waals surface area contributed by atoms with Crippen molar-refractivity contribution in [3.63, 3.8) is 0 Å². The monoisotopic (exact) mass is 351 g/mol. The molecule has 1 aromatic carbocycles. The third-order valence-corrected chi connectivity index (χ3v) is 4.96. The molecule has 0 aliphatic carbocycles. The summed E-state index contributed by atoms with van der Waals surface area (Å²) < 4.78 is 7.20. The van der Waals surface area contributed by atoms with Crippen molar-refractivity contribution < 1.29 is 4.74 Å².